The van der Waals surface area contributed by atoms with Gasteiger partial charge in [-0.15, -0.1) is 0 Å². The molecule has 1 aliphatic heterocycles. The van der Waals surface area contributed by atoms with Crippen LogP contribution in [0.4, 0.5) is 4.39 Å². The fourth-order valence-corrected chi connectivity index (χ4v) is 3.86. The van der Waals surface area contributed by atoms with Crippen LogP contribution in [0, 0.1) is 48.2 Å². The number of carbonyl (C=O) groups excluding carboxylic acids is 1. The minimum Gasteiger partial charge on any atom is -0.306 e. The Hall–Kier alpha value is -2.22. The van der Waals surface area contributed by atoms with Gasteiger partial charge in [0.05, 0.1) is 10.6 Å². The molecule has 3 rings (SSSR count). The van der Waals surface area contributed by atoms with Crippen LogP contribution >= 0.6 is 11.6 Å². The van der Waals surface area contributed by atoms with Crippen molar-refractivity contribution in [2.45, 2.75) is 81.1 Å². The number of rotatable bonds is 5. The number of benzene rings is 2. The third-order valence-corrected chi connectivity index (χ3v) is 7.36. The number of hydrogen-bond donors (Lipinski definition) is 0. The first-order chi connectivity index (χ1) is 17.3. The van der Waals surface area contributed by atoms with Crippen LogP contribution in [0.15, 0.2) is 36.4 Å². The molecule has 0 amide bonds. The van der Waals surface area contributed by atoms with E-state index in [1.807, 2.05) is 59.7 Å². The molecular formula is C32H48ClFN2O. The number of aldehydes is 1. The summed E-state index contributed by atoms with van der Waals surface area (Å²) in [6.07, 6.45) is 5.59. The quantitative estimate of drug-likeness (QED) is 0.362. The van der Waals surface area contributed by atoms with Gasteiger partial charge in [0, 0.05) is 12.0 Å². The number of aryl methyl sites for hydroxylation is 3. The van der Waals surface area contributed by atoms with Crippen molar-refractivity contribution in [1.82, 2.24) is 4.90 Å². The Labute approximate surface area is 231 Å². The molecule has 3 nitrogen and oxygen atoms in total. The Morgan fingerprint density at radius 1 is 1.19 bits per heavy atom. The number of hydrogen-bond acceptors (Lipinski definition) is 3. The predicted molar refractivity (Wildman–Crippen MR) is 157 cm³/mol. The molecule has 2 aromatic carbocycles. The highest BCUT2D eigenvalue weighted by Crippen LogP contribution is 2.24. The highest BCUT2D eigenvalue weighted by molar-refractivity contribution is 6.31. The van der Waals surface area contributed by atoms with Crippen LogP contribution in [-0.2, 0) is 11.2 Å². The Bertz CT molecular complexity index is 974. The second-order valence-electron chi connectivity index (χ2n) is 10.7. The number of halogens is 2. The van der Waals surface area contributed by atoms with E-state index in [9.17, 15) is 9.18 Å². The zero-order chi connectivity index (χ0) is 28.6. The average molecular weight is 531 g/mol. The largest absolute Gasteiger partial charge is 0.306 e. The fourth-order valence-electron chi connectivity index (χ4n) is 3.58. The summed E-state index contributed by atoms with van der Waals surface area (Å²) in [6, 6.07) is 12.3. The van der Waals surface area contributed by atoms with Gasteiger partial charge in [-0.2, -0.15) is 5.26 Å². The van der Waals surface area contributed by atoms with Crippen molar-refractivity contribution in [3.05, 3.63) is 69.5 Å². The summed E-state index contributed by atoms with van der Waals surface area (Å²) in [6.45, 7) is 19.2. The Morgan fingerprint density at radius 2 is 1.84 bits per heavy atom. The molecule has 0 aliphatic carbocycles. The highest BCUT2D eigenvalue weighted by Gasteiger charge is 2.23. The Balaban J connectivity index is 0.000000472. The van der Waals surface area contributed by atoms with E-state index in [1.165, 1.54) is 37.6 Å². The van der Waals surface area contributed by atoms with Gasteiger partial charge in [-0.25, -0.2) is 4.39 Å². The summed E-state index contributed by atoms with van der Waals surface area (Å²) in [5.74, 6) is 1.78. The summed E-state index contributed by atoms with van der Waals surface area (Å²) in [5.41, 5.74) is 3.78. The number of carbonyl (C=O) groups is 1. The lowest BCUT2D eigenvalue weighted by Gasteiger charge is -2.16. The summed E-state index contributed by atoms with van der Waals surface area (Å²) in [5, 5.41) is 9.00. The van der Waals surface area contributed by atoms with Crippen molar-refractivity contribution in [3.8, 4) is 6.07 Å². The first-order valence-electron chi connectivity index (χ1n) is 13.4. The molecule has 5 heteroatoms. The van der Waals surface area contributed by atoms with Gasteiger partial charge in [0.15, 0.2) is 0 Å². The summed E-state index contributed by atoms with van der Waals surface area (Å²) < 4.78 is 12.5. The molecular weight excluding hydrogens is 483 g/mol. The average Bonchev–Trinajstić information content (AvgIpc) is 3.32. The van der Waals surface area contributed by atoms with Gasteiger partial charge >= 0.3 is 0 Å². The highest BCUT2D eigenvalue weighted by atomic mass is 35.5. The van der Waals surface area contributed by atoms with E-state index in [2.05, 4.69) is 25.8 Å². The molecule has 2 atom stereocenters. The number of likely N-dealkylation sites (tertiary alicyclic amines) is 1. The molecule has 0 bridgehead atoms. The van der Waals surface area contributed by atoms with E-state index in [-0.39, 0.29) is 11.2 Å². The summed E-state index contributed by atoms with van der Waals surface area (Å²) in [7, 11) is 2.22. The lowest BCUT2D eigenvalue weighted by Crippen LogP contribution is -2.17. The molecule has 1 saturated heterocycles. The molecule has 0 saturated carbocycles. The van der Waals surface area contributed by atoms with Crippen LogP contribution in [0.5, 0.6) is 0 Å². The van der Waals surface area contributed by atoms with Gasteiger partial charge in [0.25, 0.3) is 0 Å². The first-order valence-corrected chi connectivity index (χ1v) is 13.8. The van der Waals surface area contributed by atoms with Crippen LogP contribution in [0.3, 0.4) is 0 Å². The third kappa shape index (κ3) is 14.3. The number of nitrogens with zero attached hydrogens (tertiary/aromatic N) is 2. The molecule has 0 radical (unpaired) electrons. The maximum Gasteiger partial charge on any atom is 0.125 e. The second kappa shape index (κ2) is 18.1. The van der Waals surface area contributed by atoms with Crippen molar-refractivity contribution in [1.29, 1.82) is 5.26 Å². The van der Waals surface area contributed by atoms with Crippen LogP contribution in [-0.4, -0.2) is 31.3 Å². The lowest BCUT2D eigenvalue weighted by molar-refractivity contribution is -0.114. The molecule has 1 heterocycles. The van der Waals surface area contributed by atoms with Gasteiger partial charge in [-0.05, 0) is 99.5 Å². The predicted octanol–water partition coefficient (Wildman–Crippen LogP) is 8.82. The topological polar surface area (TPSA) is 44.1 Å². The molecule has 0 spiro atoms. The molecule has 0 N–H and O–H groups in total. The van der Waals surface area contributed by atoms with Crippen molar-refractivity contribution >= 4 is 17.9 Å². The van der Waals surface area contributed by atoms with Gasteiger partial charge in [0.1, 0.15) is 18.2 Å². The van der Waals surface area contributed by atoms with Crippen LogP contribution in [0.2, 0.25) is 5.02 Å². The van der Waals surface area contributed by atoms with Crippen molar-refractivity contribution < 1.29 is 9.18 Å². The first kappa shape index (κ1) is 34.8. The maximum atomic E-state index is 12.5. The monoisotopic (exact) mass is 530 g/mol. The molecule has 2 unspecified atom stereocenters. The summed E-state index contributed by atoms with van der Waals surface area (Å²) >= 11 is 5.71. The van der Waals surface area contributed by atoms with Crippen molar-refractivity contribution in [2.75, 3.05) is 20.1 Å². The van der Waals surface area contributed by atoms with Gasteiger partial charge in [0.2, 0.25) is 0 Å². The van der Waals surface area contributed by atoms with Crippen LogP contribution in [0.25, 0.3) is 0 Å². The van der Waals surface area contributed by atoms with Gasteiger partial charge in [-0.1, -0.05) is 71.7 Å². The maximum absolute atomic E-state index is 12.5. The zero-order valence-corrected chi connectivity index (χ0v) is 25.3. The normalized spacial score (nSPS) is 15.6. The lowest BCUT2D eigenvalue weighted by atomic mass is 9.91. The SMILES string of the molecule is CCC(C)(C)C=O.CCC(C)C1CCN(C)C1.CCc1cc(F)ccc1C.Cc1ccc(C#N)c(Cl)c1. The fraction of sp³-hybridized carbons (Fsp3) is 0.562. The molecule has 0 aromatic heterocycles. The van der Waals surface area contributed by atoms with Crippen LogP contribution < -0.4 is 0 Å². The number of nitriles is 1. The molecule has 206 valence electrons. The Kier molecular flexibility index (Phi) is 17.0. The van der Waals surface area contributed by atoms with E-state index in [0.29, 0.717) is 10.6 Å². The minimum atomic E-state index is -0.137. The standard InChI is InChI=1S/C9H11F.C9H19N.C8H6ClN.C6H12O/c1-3-8-6-9(10)5-4-7(8)2;1-4-8(2)9-5-6-10(3)7-9;1-6-2-3-7(5-10)8(9)4-6;1-4-6(2,3)5-7/h4-6H,3H2,1-2H3;8-9H,4-7H2,1-3H3;2-4H,1H3;5H,4H2,1-3H3. The molecule has 1 fully saturated rings. The Morgan fingerprint density at radius 3 is 2.22 bits per heavy atom. The third-order valence-electron chi connectivity index (χ3n) is 7.04. The zero-order valence-electron chi connectivity index (χ0n) is 24.5. The van der Waals surface area contributed by atoms with Gasteiger partial charge in [-0.3, -0.25) is 0 Å². The molecule has 2 aromatic rings. The van der Waals surface area contributed by atoms with E-state index >= 15 is 0 Å². The van der Waals surface area contributed by atoms with E-state index in [1.54, 1.807) is 18.2 Å². The molecule has 37 heavy (non-hydrogen) atoms. The van der Waals surface area contributed by atoms with E-state index in [4.69, 9.17) is 16.9 Å². The van der Waals surface area contributed by atoms with Crippen LogP contribution in [0.1, 0.15) is 83.1 Å². The molecule has 1 aliphatic rings. The second-order valence-corrected chi connectivity index (χ2v) is 11.1. The van der Waals surface area contributed by atoms with Crippen molar-refractivity contribution in [2.24, 2.45) is 17.3 Å². The van der Waals surface area contributed by atoms with E-state index in [0.717, 1.165) is 42.1 Å². The van der Waals surface area contributed by atoms with Gasteiger partial charge < -0.3 is 9.69 Å². The van der Waals surface area contributed by atoms with E-state index < -0.39 is 0 Å². The van der Waals surface area contributed by atoms with Crippen molar-refractivity contribution in [3.63, 3.8) is 0 Å². The smallest absolute Gasteiger partial charge is 0.125 e. The minimum absolute atomic E-state index is 0.0972. The summed E-state index contributed by atoms with van der Waals surface area (Å²) in [4.78, 5) is 12.5.